The number of nitrogens with zero attached hydrogens (tertiary/aromatic N) is 4. The van der Waals surface area contributed by atoms with E-state index in [0.717, 1.165) is 29.8 Å². The largest absolute Gasteiger partial charge is 0.506 e. The third kappa shape index (κ3) is 13.3. The quantitative estimate of drug-likeness (QED) is 0.0726. The highest BCUT2D eigenvalue weighted by molar-refractivity contribution is 7.92. The van der Waals surface area contributed by atoms with Gasteiger partial charge in [-0.25, -0.2) is 18.4 Å². The maximum absolute atomic E-state index is 13.8. The number of phenols is 1. The average Bonchev–Trinajstić information content (AvgIpc) is 3.38. The topological polar surface area (TPSA) is 136 Å². The highest BCUT2D eigenvalue weighted by Crippen LogP contribution is 2.39. The fraction of sp³-hybridized carbons (Fsp3) is 0.474. The number of halogens is 4. The lowest BCUT2D eigenvalue weighted by atomic mass is 10.0. The Morgan fingerprint density at radius 3 is 1.94 bits per heavy atom. The van der Waals surface area contributed by atoms with E-state index in [1.54, 1.807) is 18.2 Å². The Kier molecular flexibility index (Phi) is 17.0. The van der Waals surface area contributed by atoms with E-state index in [2.05, 4.69) is 32.3 Å². The van der Waals surface area contributed by atoms with Crippen molar-refractivity contribution in [2.45, 2.75) is 110 Å². The summed E-state index contributed by atoms with van der Waals surface area (Å²) in [7, 11) is -3.65. The summed E-state index contributed by atoms with van der Waals surface area (Å²) in [6, 6.07) is 10.9. The van der Waals surface area contributed by atoms with Crippen molar-refractivity contribution < 1.29 is 18.3 Å². The smallest absolute Gasteiger partial charge is 0.280 e. The number of aromatic hydroxyl groups is 1. The van der Waals surface area contributed by atoms with Crippen LogP contribution in [-0.4, -0.2) is 37.1 Å². The monoisotopic (exact) mass is 824 g/mol. The molecule has 3 aromatic rings. The minimum Gasteiger partial charge on any atom is -0.506 e. The molecule has 288 valence electrons. The van der Waals surface area contributed by atoms with Crippen molar-refractivity contribution in [1.29, 1.82) is 0 Å². The second-order valence-corrected chi connectivity index (χ2v) is 16.8. The first-order valence-corrected chi connectivity index (χ1v) is 21.4. The maximum Gasteiger partial charge on any atom is 0.280 e. The number of aliphatic imine (C=N–C) groups is 1. The number of sulfonamides is 1. The molecule has 1 fully saturated rings. The molecule has 0 aromatic heterocycles. The molecule has 4 rings (SSSR count). The number of hydrogen-bond acceptors (Lipinski definition) is 7. The van der Waals surface area contributed by atoms with Gasteiger partial charge in [0.05, 0.1) is 32.2 Å². The standard InChI is InChI=1S/C38H48Cl4N6O4S/c1-3-4-5-6-7-8-9-10-11-12-13-14-15-16-21-53(51,52)47-28-18-19-29(40)33(25-28)43-37-35(45-44-32-20-17-26(2)22-34(32)49)38(50)48(46-37)36-30(41)23-27(39)24-31(36)42/h17-20,22-25,35,47,49H,3-16,21H2,1-2H3,(H,43,46). The zero-order valence-corrected chi connectivity index (χ0v) is 34.0. The number of phenolic OH excluding ortho intramolecular Hbond substituents is 1. The summed E-state index contributed by atoms with van der Waals surface area (Å²) < 4.78 is 28.6. The van der Waals surface area contributed by atoms with Gasteiger partial charge in [-0.3, -0.25) is 14.9 Å². The van der Waals surface area contributed by atoms with Gasteiger partial charge in [-0.05, 0) is 61.4 Å². The molecule has 1 heterocycles. The number of anilines is 2. The van der Waals surface area contributed by atoms with Gasteiger partial charge in [0.15, 0.2) is 5.84 Å². The zero-order chi connectivity index (χ0) is 38.4. The van der Waals surface area contributed by atoms with E-state index in [1.165, 1.54) is 94.5 Å². The van der Waals surface area contributed by atoms with Crippen LogP contribution in [0.1, 0.15) is 102 Å². The Morgan fingerprint density at radius 2 is 1.36 bits per heavy atom. The van der Waals surface area contributed by atoms with Gasteiger partial charge in [-0.2, -0.15) is 10.2 Å². The summed E-state index contributed by atoms with van der Waals surface area (Å²) in [5, 5.41) is 20.4. The van der Waals surface area contributed by atoms with E-state index in [4.69, 9.17) is 46.4 Å². The normalized spacial score (nSPS) is 15.5. The van der Waals surface area contributed by atoms with Crippen LogP contribution in [0.25, 0.3) is 0 Å². The van der Waals surface area contributed by atoms with Gasteiger partial charge in [0.25, 0.3) is 5.91 Å². The summed E-state index contributed by atoms with van der Waals surface area (Å²) in [5.74, 6) is -0.772. The number of benzene rings is 3. The van der Waals surface area contributed by atoms with Crippen LogP contribution < -0.4 is 15.2 Å². The number of carbonyl (C=O) groups excluding carboxylic acids is 1. The van der Waals surface area contributed by atoms with E-state index >= 15 is 0 Å². The van der Waals surface area contributed by atoms with Crippen LogP contribution in [0.5, 0.6) is 5.75 Å². The van der Waals surface area contributed by atoms with Crippen molar-refractivity contribution in [2.75, 3.05) is 15.5 Å². The first-order chi connectivity index (χ1) is 25.4. The van der Waals surface area contributed by atoms with E-state index in [-0.39, 0.29) is 60.2 Å². The Hall–Kier alpha value is -3.09. The molecule has 1 aliphatic heterocycles. The van der Waals surface area contributed by atoms with Crippen molar-refractivity contribution in [3.63, 3.8) is 0 Å². The highest BCUT2D eigenvalue weighted by Gasteiger charge is 2.41. The zero-order valence-electron chi connectivity index (χ0n) is 30.2. The predicted molar refractivity (Wildman–Crippen MR) is 220 cm³/mol. The van der Waals surface area contributed by atoms with Crippen LogP contribution in [0, 0.1) is 6.92 Å². The lowest BCUT2D eigenvalue weighted by molar-refractivity contribution is -0.117. The van der Waals surface area contributed by atoms with Gasteiger partial charge < -0.3 is 5.11 Å². The molecule has 3 N–H and O–H groups in total. The first-order valence-electron chi connectivity index (χ1n) is 18.2. The molecule has 10 nitrogen and oxygen atoms in total. The van der Waals surface area contributed by atoms with E-state index < -0.39 is 22.0 Å². The van der Waals surface area contributed by atoms with Crippen molar-refractivity contribution in [1.82, 2.24) is 5.43 Å². The van der Waals surface area contributed by atoms with Crippen LogP contribution in [-0.2, 0) is 14.8 Å². The summed E-state index contributed by atoms with van der Waals surface area (Å²) in [6.07, 6.45) is 16.5. The summed E-state index contributed by atoms with van der Waals surface area (Å²) in [4.78, 5) is 18.3. The Morgan fingerprint density at radius 1 is 0.774 bits per heavy atom. The number of aryl methyl sites for hydroxylation is 1. The third-order valence-corrected chi connectivity index (χ3v) is 11.3. The van der Waals surface area contributed by atoms with Gasteiger partial charge in [0.1, 0.15) is 17.1 Å². The number of unbranched alkanes of at least 4 members (excludes halogenated alkanes) is 13. The predicted octanol–water partition coefficient (Wildman–Crippen LogP) is 12.3. The fourth-order valence-corrected chi connectivity index (χ4v) is 8.24. The molecule has 0 saturated carbocycles. The Balaban J connectivity index is 1.39. The summed E-state index contributed by atoms with van der Waals surface area (Å²) in [5.41, 5.74) is 4.37. The molecular formula is C38H48Cl4N6O4S. The molecule has 15 heteroatoms. The molecule has 1 atom stereocenters. The molecule has 0 spiro atoms. The van der Waals surface area contributed by atoms with Gasteiger partial charge in [-0.15, -0.1) is 0 Å². The molecule has 53 heavy (non-hydrogen) atoms. The van der Waals surface area contributed by atoms with Crippen molar-refractivity contribution in [3.8, 4) is 5.75 Å². The van der Waals surface area contributed by atoms with Gasteiger partial charge in [0, 0.05) is 5.02 Å². The van der Waals surface area contributed by atoms with Crippen molar-refractivity contribution in [2.24, 2.45) is 15.2 Å². The lowest BCUT2D eigenvalue weighted by Crippen LogP contribution is -2.36. The number of nitrogens with one attached hydrogen (secondary N) is 2. The van der Waals surface area contributed by atoms with Crippen LogP contribution in [0.4, 0.5) is 22.7 Å². The molecule has 1 amide bonds. The second kappa shape index (κ2) is 21.1. The SMILES string of the molecule is CCCCCCCCCCCCCCCCS(=O)(=O)Nc1ccc(Cl)c(N=C2NN(c3c(Cl)cc(Cl)cc3Cl)C(=O)C2N=Nc2ccc(C)cc2O)c1. The Bertz CT molecular complexity index is 1850. The fourth-order valence-electron chi connectivity index (χ4n) is 5.92. The second-order valence-electron chi connectivity index (χ2n) is 13.3. The van der Waals surface area contributed by atoms with Crippen LogP contribution in [0.2, 0.25) is 20.1 Å². The van der Waals surface area contributed by atoms with Crippen molar-refractivity contribution >= 4 is 90.9 Å². The van der Waals surface area contributed by atoms with E-state index in [1.807, 2.05) is 6.92 Å². The molecule has 0 radical (unpaired) electrons. The van der Waals surface area contributed by atoms with E-state index in [9.17, 15) is 18.3 Å². The summed E-state index contributed by atoms with van der Waals surface area (Å²) in [6.45, 7) is 4.05. The minimum absolute atomic E-state index is 0.00301. The number of azo groups is 1. The number of hydrogen-bond donors (Lipinski definition) is 3. The summed E-state index contributed by atoms with van der Waals surface area (Å²) >= 11 is 25.5. The van der Waals surface area contributed by atoms with Gasteiger partial charge in [-0.1, -0.05) is 143 Å². The van der Waals surface area contributed by atoms with Crippen molar-refractivity contribution in [3.05, 3.63) is 74.2 Å². The number of carbonyl (C=O) groups is 1. The lowest BCUT2D eigenvalue weighted by Gasteiger charge is -2.19. The highest BCUT2D eigenvalue weighted by atomic mass is 35.5. The van der Waals surface area contributed by atoms with Crippen LogP contribution in [0.15, 0.2) is 63.8 Å². The maximum atomic E-state index is 13.8. The molecule has 0 bridgehead atoms. The minimum atomic E-state index is -3.65. The molecule has 3 aromatic carbocycles. The van der Waals surface area contributed by atoms with E-state index in [0.29, 0.717) is 6.42 Å². The number of rotatable bonds is 21. The molecule has 0 aliphatic carbocycles. The molecule has 1 aliphatic rings. The van der Waals surface area contributed by atoms with Gasteiger partial charge >= 0.3 is 0 Å². The average molecular weight is 827 g/mol. The number of amidine groups is 1. The molecule has 1 unspecified atom stereocenters. The first kappa shape index (κ1) is 42.6. The number of amides is 1. The van der Waals surface area contributed by atoms with Gasteiger partial charge in [0.2, 0.25) is 16.1 Å². The Labute approximate surface area is 333 Å². The molecular weight excluding hydrogens is 778 g/mol. The van der Waals surface area contributed by atoms with Crippen LogP contribution >= 0.6 is 46.4 Å². The van der Waals surface area contributed by atoms with Crippen LogP contribution in [0.3, 0.4) is 0 Å². The number of hydrazine groups is 1. The third-order valence-electron chi connectivity index (χ3n) is 8.78. The molecule has 1 saturated heterocycles.